The smallest absolute Gasteiger partial charge is 0.234 e. The summed E-state index contributed by atoms with van der Waals surface area (Å²) in [7, 11) is 3.71. The third-order valence-electron chi connectivity index (χ3n) is 5.06. The minimum absolute atomic E-state index is 0.158. The first-order valence-electron chi connectivity index (χ1n) is 9.21. The van der Waals surface area contributed by atoms with Gasteiger partial charge in [0, 0.05) is 12.1 Å². The van der Waals surface area contributed by atoms with E-state index in [1.54, 1.807) is 7.11 Å². The Morgan fingerprint density at radius 3 is 2.42 bits per heavy atom. The number of carbonyl (C=O) groups excluding carboxylic acids is 1. The van der Waals surface area contributed by atoms with Crippen LogP contribution in [-0.2, 0) is 11.2 Å². The van der Waals surface area contributed by atoms with Gasteiger partial charge in [0.2, 0.25) is 5.91 Å². The average Bonchev–Trinajstić information content (AvgIpc) is 2.84. The van der Waals surface area contributed by atoms with Gasteiger partial charge in [-0.05, 0) is 50.9 Å². The van der Waals surface area contributed by atoms with Gasteiger partial charge in [0.1, 0.15) is 5.75 Å². The lowest BCUT2D eigenvalue weighted by molar-refractivity contribution is -0.123. The van der Waals surface area contributed by atoms with Gasteiger partial charge in [0.15, 0.2) is 0 Å². The van der Waals surface area contributed by atoms with Crippen LogP contribution in [0.15, 0.2) is 24.3 Å². The van der Waals surface area contributed by atoms with E-state index < -0.39 is 0 Å². The maximum atomic E-state index is 12.3. The van der Waals surface area contributed by atoms with Gasteiger partial charge in [-0.1, -0.05) is 37.8 Å². The first-order valence-corrected chi connectivity index (χ1v) is 9.21. The fraction of sp³-hybridized carbons (Fsp3) is 0.650. The van der Waals surface area contributed by atoms with Crippen molar-refractivity contribution in [2.75, 3.05) is 20.7 Å². The monoisotopic (exact) mass is 332 g/mol. The van der Waals surface area contributed by atoms with Crippen molar-refractivity contribution in [2.45, 2.75) is 64.0 Å². The minimum Gasteiger partial charge on any atom is -0.497 e. The molecule has 2 rings (SSSR count). The van der Waals surface area contributed by atoms with E-state index in [2.05, 4.69) is 29.3 Å². The third-order valence-corrected chi connectivity index (χ3v) is 5.06. The number of rotatable bonds is 7. The summed E-state index contributed by atoms with van der Waals surface area (Å²) in [5.74, 6) is 1.04. The second-order valence-corrected chi connectivity index (χ2v) is 7.07. The van der Waals surface area contributed by atoms with Crippen LogP contribution in [0.3, 0.4) is 0 Å². The molecule has 24 heavy (non-hydrogen) atoms. The van der Waals surface area contributed by atoms with Crippen LogP contribution in [0, 0.1) is 0 Å². The number of ether oxygens (including phenoxy) is 1. The molecule has 1 N–H and O–H groups in total. The summed E-state index contributed by atoms with van der Waals surface area (Å²) in [6.07, 6.45) is 8.31. The number of likely N-dealkylation sites (N-methyl/N-ethyl adjacent to an activating group) is 1. The van der Waals surface area contributed by atoms with Gasteiger partial charge in [-0.15, -0.1) is 0 Å². The van der Waals surface area contributed by atoms with Gasteiger partial charge < -0.3 is 10.1 Å². The molecule has 1 aromatic rings. The molecule has 0 heterocycles. The molecule has 4 nitrogen and oxygen atoms in total. The summed E-state index contributed by atoms with van der Waals surface area (Å²) in [5, 5.41) is 3.23. The van der Waals surface area contributed by atoms with E-state index in [9.17, 15) is 4.79 Å². The van der Waals surface area contributed by atoms with Crippen molar-refractivity contribution >= 4 is 5.91 Å². The number of benzene rings is 1. The highest BCUT2D eigenvalue weighted by atomic mass is 16.5. The Morgan fingerprint density at radius 2 is 1.83 bits per heavy atom. The van der Waals surface area contributed by atoms with E-state index in [-0.39, 0.29) is 5.91 Å². The Morgan fingerprint density at radius 1 is 1.21 bits per heavy atom. The van der Waals surface area contributed by atoms with E-state index >= 15 is 0 Å². The van der Waals surface area contributed by atoms with E-state index in [0.717, 1.165) is 25.0 Å². The van der Waals surface area contributed by atoms with Gasteiger partial charge in [-0.3, -0.25) is 9.69 Å². The van der Waals surface area contributed by atoms with E-state index in [4.69, 9.17) is 4.74 Å². The second-order valence-electron chi connectivity index (χ2n) is 7.07. The van der Waals surface area contributed by atoms with Gasteiger partial charge in [-0.2, -0.15) is 0 Å². The van der Waals surface area contributed by atoms with Crippen molar-refractivity contribution in [2.24, 2.45) is 0 Å². The second kappa shape index (κ2) is 9.67. The number of nitrogens with one attached hydrogen (secondary N) is 1. The molecule has 1 saturated carbocycles. The molecule has 1 atom stereocenters. The predicted molar refractivity (Wildman–Crippen MR) is 98.4 cm³/mol. The molecule has 4 heteroatoms. The molecule has 0 aromatic heterocycles. The van der Waals surface area contributed by atoms with E-state index in [1.165, 1.54) is 31.2 Å². The molecular weight excluding hydrogens is 300 g/mol. The highest BCUT2D eigenvalue weighted by Crippen LogP contribution is 2.17. The first-order chi connectivity index (χ1) is 11.6. The molecule has 0 bridgehead atoms. The topological polar surface area (TPSA) is 41.6 Å². The molecule has 0 radical (unpaired) electrons. The normalized spacial score (nSPS) is 17.3. The fourth-order valence-electron chi connectivity index (χ4n) is 3.34. The summed E-state index contributed by atoms with van der Waals surface area (Å²) in [6, 6.07) is 8.86. The number of methoxy groups -OCH3 is 1. The Hall–Kier alpha value is -1.55. The van der Waals surface area contributed by atoms with Gasteiger partial charge >= 0.3 is 0 Å². The molecule has 1 aliphatic carbocycles. The minimum atomic E-state index is 0.158. The van der Waals surface area contributed by atoms with Gasteiger partial charge in [0.25, 0.3) is 0 Å². The average molecular weight is 332 g/mol. The molecule has 1 fully saturated rings. The van der Waals surface area contributed by atoms with Crippen molar-refractivity contribution in [1.29, 1.82) is 0 Å². The van der Waals surface area contributed by atoms with Crippen LogP contribution in [0.1, 0.15) is 51.0 Å². The highest BCUT2D eigenvalue weighted by Gasteiger charge is 2.18. The fourth-order valence-corrected chi connectivity index (χ4v) is 3.34. The lowest BCUT2D eigenvalue weighted by Gasteiger charge is -2.25. The number of hydrogen-bond acceptors (Lipinski definition) is 3. The summed E-state index contributed by atoms with van der Waals surface area (Å²) in [5.41, 5.74) is 1.26. The molecule has 0 spiro atoms. The highest BCUT2D eigenvalue weighted by molar-refractivity contribution is 5.78. The molecule has 0 aliphatic heterocycles. The Bertz CT molecular complexity index is 493. The van der Waals surface area contributed by atoms with Crippen LogP contribution in [0.25, 0.3) is 0 Å². The molecule has 1 amide bonds. The van der Waals surface area contributed by atoms with Crippen LogP contribution in [0.2, 0.25) is 0 Å². The van der Waals surface area contributed by atoms with Crippen LogP contribution in [-0.4, -0.2) is 43.6 Å². The molecule has 134 valence electrons. The standard InChI is InChI=1S/C20H32N2O2/c1-16(14-17-10-12-19(24-3)13-11-17)22(2)15-20(23)21-18-8-6-4-5-7-9-18/h10-13,16,18H,4-9,14-15H2,1-3H3,(H,21,23). The van der Waals surface area contributed by atoms with Crippen molar-refractivity contribution in [3.05, 3.63) is 29.8 Å². The van der Waals surface area contributed by atoms with Gasteiger partial charge in [-0.25, -0.2) is 0 Å². The maximum Gasteiger partial charge on any atom is 0.234 e. The van der Waals surface area contributed by atoms with E-state index in [1.807, 2.05) is 19.2 Å². The SMILES string of the molecule is COc1ccc(CC(C)N(C)CC(=O)NC2CCCCCC2)cc1. The number of hydrogen-bond donors (Lipinski definition) is 1. The molecule has 0 saturated heterocycles. The van der Waals surface area contributed by atoms with Crippen LogP contribution >= 0.6 is 0 Å². The van der Waals surface area contributed by atoms with Crippen LogP contribution < -0.4 is 10.1 Å². The Balaban J connectivity index is 1.76. The van der Waals surface area contributed by atoms with Crippen molar-refractivity contribution < 1.29 is 9.53 Å². The molecular formula is C20H32N2O2. The largest absolute Gasteiger partial charge is 0.497 e. The summed E-state index contributed by atoms with van der Waals surface area (Å²) >= 11 is 0. The zero-order chi connectivity index (χ0) is 17.4. The van der Waals surface area contributed by atoms with Crippen molar-refractivity contribution in [1.82, 2.24) is 10.2 Å². The molecule has 1 unspecified atom stereocenters. The summed E-state index contributed by atoms with van der Waals surface area (Å²) < 4.78 is 5.19. The van der Waals surface area contributed by atoms with Crippen molar-refractivity contribution in [3.63, 3.8) is 0 Å². The summed E-state index contributed by atoms with van der Waals surface area (Å²) in [4.78, 5) is 14.4. The third kappa shape index (κ3) is 6.16. The van der Waals surface area contributed by atoms with Crippen LogP contribution in [0.4, 0.5) is 0 Å². The number of amides is 1. The number of nitrogens with zero attached hydrogens (tertiary/aromatic N) is 1. The lowest BCUT2D eigenvalue weighted by atomic mass is 10.1. The van der Waals surface area contributed by atoms with Crippen molar-refractivity contribution in [3.8, 4) is 5.75 Å². The first kappa shape index (κ1) is 18.8. The quantitative estimate of drug-likeness (QED) is 0.778. The lowest BCUT2D eigenvalue weighted by Crippen LogP contribution is -2.43. The van der Waals surface area contributed by atoms with Crippen LogP contribution in [0.5, 0.6) is 5.75 Å². The summed E-state index contributed by atoms with van der Waals surface area (Å²) in [6.45, 7) is 2.64. The Kier molecular flexibility index (Phi) is 7.57. The Labute approximate surface area is 146 Å². The molecule has 1 aromatic carbocycles. The zero-order valence-electron chi connectivity index (χ0n) is 15.4. The predicted octanol–water partition coefficient (Wildman–Crippen LogP) is 3.40. The zero-order valence-corrected chi connectivity index (χ0v) is 15.4. The van der Waals surface area contributed by atoms with Gasteiger partial charge in [0.05, 0.1) is 13.7 Å². The van der Waals surface area contributed by atoms with E-state index in [0.29, 0.717) is 18.6 Å². The molecule has 1 aliphatic rings. The maximum absolute atomic E-state index is 12.3. The number of carbonyl (C=O) groups is 1.